The molecule has 34 heavy (non-hydrogen) atoms. The third-order valence-corrected chi connectivity index (χ3v) is 7.21. The molecule has 0 spiro atoms. The molecule has 1 aliphatic heterocycles. The van der Waals surface area contributed by atoms with E-state index in [4.69, 9.17) is 4.74 Å². The highest BCUT2D eigenvalue weighted by Crippen LogP contribution is 2.30. The highest BCUT2D eigenvalue weighted by Gasteiger charge is 2.26. The van der Waals surface area contributed by atoms with Gasteiger partial charge in [-0.2, -0.15) is 0 Å². The van der Waals surface area contributed by atoms with Crippen molar-refractivity contribution in [2.75, 3.05) is 31.8 Å². The fraction of sp³-hybridized carbons (Fsp3) is 0.346. The molecule has 1 saturated heterocycles. The first-order valence-corrected chi connectivity index (χ1v) is 12.3. The number of carbonyl (C=O) groups excluding carboxylic acids is 2. The Hall–Kier alpha value is -3.39. The van der Waals surface area contributed by atoms with Gasteiger partial charge < -0.3 is 9.64 Å². The molecule has 1 N–H and O–H groups in total. The van der Waals surface area contributed by atoms with Gasteiger partial charge in [-0.15, -0.1) is 11.3 Å². The zero-order valence-electron chi connectivity index (χ0n) is 19.8. The van der Waals surface area contributed by atoms with Crippen LogP contribution in [0.1, 0.15) is 45.4 Å². The Morgan fingerprint density at radius 3 is 2.56 bits per heavy atom. The van der Waals surface area contributed by atoms with E-state index in [0.717, 1.165) is 34.8 Å². The van der Waals surface area contributed by atoms with Crippen molar-refractivity contribution in [2.24, 2.45) is 0 Å². The number of aromatic nitrogens is 1. The molecule has 2 aromatic carbocycles. The minimum absolute atomic E-state index is 0.000155. The summed E-state index contributed by atoms with van der Waals surface area (Å²) in [6.07, 6.45) is 1.65. The third-order valence-electron chi connectivity index (χ3n) is 6.20. The molecular formula is C26H30N4O3S. The van der Waals surface area contributed by atoms with E-state index < -0.39 is 0 Å². The van der Waals surface area contributed by atoms with Gasteiger partial charge in [0.15, 0.2) is 6.61 Å². The summed E-state index contributed by atoms with van der Waals surface area (Å²) in [5.41, 5.74) is 6.52. The number of thiazole rings is 1. The zero-order chi connectivity index (χ0) is 24.1. The predicted octanol–water partition coefficient (Wildman–Crippen LogP) is 4.33. The smallest absolute Gasteiger partial charge is 0.289 e. The number of carbonyl (C=O) groups is 2. The molecule has 0 aliphatic carbocycles. The summed E-state index contributed by atoms with van der Waals surface area (Å²) < 4.78 is 5.71. The van der Waals surface area contributed by atoms with E-state index in [9.17, 15) is 9.59 Å². The Morgan fingerprint density at radius 2 is 1.85 bits per heavy atom. The van der Waals surface area contributed by atoms with Gasteiger partial charge in [-0.05, 0) is 62.1 Å². The van der Waals surface area contributed by atoms with Gasteiger partial charge in [-0.25, -0.2) is 4.98 Å². The second-order valence-electron chi connectivity index (χ2n) is 8.60. The second kappa shape index (κ2) is 10.7. The summed E-state index contributed by atoms with van der Waals surface area (Å²) in [5.74, 6) is 0.741. The van der Waals surface area contributed by atoms with Crippen molar-refractivity contribution >= 4 is 28.8 Å². The van der Waals surface area contributed by atoms with Crippen molar-refractivity contribution in [1.29, 1.82) is 0 Å². The van der Waals surface area contributed by atoms with E-state index in [1.165, 1.54) is 16.9 Å². The van der Waals surface area contributed by atoms with Gasteiger partial charge in [-0.3, -0.25) is 20.0 Å². The van der Waals surface area contributed by atoms with Crippen LogP contribution in [0.15, 0.2) is 53.9 Å². The quantitative estimate of drug-likeness (QED) is 0.512. The normalized spacial score (nSPS) is 14.0. The van der Waals surface area contributed by atoms with E-state index in [1.807, 2.05) is 60.4 Å². The number of anilines is 1. The molecule has 0 unspecified atom stereocenters. The molecule has 1 fully saturated rings. The van der Waals surface area contributed by atoms with Crippen LogP contribution >= 0.6 is 11.3 Å². The van der Waals surface area contributed by atoms with Crippen molar-refractivity contribution in [2.45, 2.75) is 32.6 Å². The molecular weight excluding hydrogens is 448 g/mol. The Labute approximate surface area is 204 Å². The topological polar surface area (TPSA) is 74.8 Å². The van der Waals surface area contributed by atoms with Crippen molar-refractivity contribution in [1.82, 2.24) is 15.3 Å². The van der Waals surface area contributed by atoms with Crippen LogP contribution in [0.2, 0.25) is 0 Å². The lowest BCUT2D eigenvalue weighted by atomic mass is 9.97. The van der Waals surface area contributed by atoms with E-state index >= 15 is 0 Å². The van der Waals surface area contributed by atoms with Crippen LogP contribution in [-0.4, -0.2) is 48.4 Å². The average molecular weight is 479 g/mol. The number of aryl methyl sites for hydroxylation is 2. The summed E-state index contributed by atoms with van der Waals surface area (Å²) in [7, 11) is 1.80. The van der Waals surface area contributed by atoms with Gasteiger partial charge in [0.2, 0.25) is 0 Å². The number of amides is 2. The Morgan fingerprint density at radius 1 is 1.12 bits per heavy atom. The maximum atomic E-state index is 12.6. The third kappa shape index (κ3) is 5.75. The Bertz CT molecular complexity index is 1140. The van der Waals surface area contributed by atoms with Crippen LogP contribution in [0, 0.1) is 13.8 Å². The molecule has 3 aromatic rings. The van der Waals surface area contributed by atoms with E-state index in [0.29, 0.717) is 18.8 Å². The highest BCUT2D eigenvalue weighted by molar-refractivity contribution is 7.09. The number of hydrogen-bond acceptors (Lipinski definition) is 6. The molecule has 7 nitrogen and oxygen atoms in total. The number of ether oxygens (including phenoxy) is 1. The van der Waals surface area contributed by atoms with Crippen LogP contribution in [-0.2, 0) is 4.79 Å². The van der Waals surface area contributed by atoms with Crippen LogP contribution < -0.4 is 15.2 Å². The van der Waals surface area contributed by atoms with Gasteiger partial charge in [0.25, 0.3) is 11.8 Å². The number of hydrazine groups is 1. The molecule has 4 rings (SSSR count). The van der Waals surface area contributed by atoms with Gasteiger partial charge in [0.1, 0.15) is 11.4 Å². The summed E-state index contributed by atoms with van der Waals surface area (Å²) in [5, 5.41) is 4.44. The molecule has 178 valence electrons. The number of likely N-dealkylation sites (tertiary alicyclic amines) is 1. The van der Waals surface area contributed by atoms with E-state index in [1.54, 1.807) is 17.4 Å². The van der Waals surface area contributed by atoms with E-state index in [-0.39, 0.29) is 24.3 Å². The minimum Gasteiger partial charge on any atom is -0.484 e. The Kier molecular flexibility index (Phi) is 7.47. The molecule has 2 heterocycles. The first kappa shape index (κ1) is 23.8. The van der Waals surface area contributed by atoms with Crippen LogP contribution in [0.5, 0.6) is 5.75 Å². The number of hydrogen-bond donors (Lipinski definition) is 1. The maximum Gasteiger partial charge on any atom is 0.289 e. The van der Waals surface area contributed by atoms with Crippen molar-refractivity contribution in [3.8, 4) is 5.75 Å². The second-order valence-corrected chi connectivity index (χ2v) is 9.49. The molecule has 0 bridgehead atoms. The number of benzene rings is 2. The van der Waals surface area contributed by atoms with Crippen LogP contribution in [0.25, 0.3) is 0 Å². The number of nitrogens with zero attached hydrogens (tertiary/aromatic N) is 3. The SMILES string of the molecule is Cc1ccc(OCC(=O)N2CCC(c3nc(C(=O)NN(C)c4ccccc4)cs3)CC2)cc1C. The summed E-state index contributed by atoms with van der Waals surface area (Å²) in [6.45, 7) is 5.46. The summed E-state index contributed by atoms with van der Waals surface area (Å²) in [4.78, 5) is 31.7. The molecule has 2 amide bonds. The van der Waals surface area contributed by atoms with Crippen molar-refractivity contribution in [3.05, 3.63) is 75.7 Å². The summed E-state index contributed by atoms with van der Waals surface area (Å²) in [6, 6.07) is 15.5. The molecule has 0 atom stereocenters. The lowest BCUT2D eigenvalue weighted by molar-refractivity contribution is -0.134. The van der Waals surface area contributed by atoms with Gasteiger partial charge in [-0.1, -0.05) is 24.3 Å². The standard InChI is InChI=1S/C26H30N4O3S/c1-18-9-10-22(15-19(18)2)33-16-24(31)30-13-11-20(12-14-30)26-27-23(17-34-26)25(32)28-29(3)21-7-5-4-6-8-21/h4-10,15,17,20H,11-14,16H2,1-3H3,(H,28,32). The van der Waals surface area contributed by atoms with Crippen LogP contribution in [0.3, 0.4) is 0 Å². The van der Waals surface area contributed by atoms with E-state index in [2.05, 4.69) is 17.3 Å². The summed E-state index contributed by atoms with van der Waals surface area (Å²) >= 11 is 1.51. The van der Waals surface area contributed by atoms with Crippen molar-refractivity contribution in [3.63, 3.8) is 0 Å². The number of para-hydroxylation sites is 1. The Balaban J connectivity index is 1.26. The number of rotatable bonds is 7. The molecule has 0 saturated carbocycles. The lowest BCUT2D eigenvalue weighted by Gasteiger charge is -2.31. The van der Waals surface area contributed by atoms with Gasteiger partial charge >= 0.3 is 0 Å². The molecule has 1 aliphatic rings. The fourth-order valence-electron chi connectivity index (χ4n) is 3.92. The van der Waals surface area contributed by atoms with Gasteiger partial charge in [0.05, 0.1) is 10.7 Å². The first-order valence-electron chi connectivity index (χ1n) is 11.4. The lowest BCUT2D eigenvalue weighted by Crippen LogP contribution is -2.40. The largest absolute Gasteiger partial charge is 0.484 e. The first-order chi connectivity index (χ1) is 16.4. The number of nitrogens with one attached hydrogen (secondary N) is 1. The minimum atomic E-state index is -0.232. The number of piperidine rings is 1. The predicted molar refractivity (Wildman–Crippen MR) is 134 cm³/mol. The van der Waals surface area contributed by atoms with Crippen LogP contribution in [0.4, 0.5) is 5.69 Å². The maximum absolute atomic E-state index is 12.6. The molecule has 8 heteroatoms. The monoisotopic (exact) mass is 478 g/mol. The molecule has 1 aromatic heterocycles. The zero-order valence-corrected chi connectivity index (χ0v) is 20.6. The highest BCUT2D eigenvalue weighted by atomic mass is 32.1. The average Bonchev–Trinajstić information content (AvgIpc) is 3.36. The fourth-order valence-corrected chi connectivity index (χ4v) is 4.89. The molecule has 0 radical (unpaired) electrons. The van der Waals surface area contributed by atoms with Gasteiger partial charge in [0, 0.05) is 31.4 Å². The van der Waals surface area contributed by atoms with Crippen molar-refractivity contribution < 1.29 is 14.3 Å².